The summed E-state index contributed by atoms with van der Waals surface area (Å²) in [5.41, 5.74) is 1.22. The van der Waals surface area contributed by atoms with E-state index < -0.39 is 11.8 Å². The molecule has 0 saturated heterocycles. The van der Waals surface area contributed by atoms with Crippen LogP contribution in [-0.4, -0.2) is 26.6 Å². The van der Waals surface area contributed by atoms with Gasteiger partial charge in [0.05, 0.1) is 16.8 Å². The molecule has 7 nitrogen and oxygen atoms in total. The zero-order valence-corrected chi connectivity index (χ0v) is 15.5. The Morgan fingerprint density at radius 2 is 1.93 bits per heavy atom. The minimum atomic E-state index is -1.23. The molecular formula is C20H15F2N5O2. The van der Waals surface area contributed by atoms with Crippen molar-refractivity contribution < 1.29 is 13.5 Å². The van der Waals surface area contributed by atoms with Gasteiger partial charge in [0.15, 0.2) is 5.75 Å². The Labute approximate surface area is 163 Å². The van der Waals surface area contributed by atoms with Gasteiger partial charge in [-0.3, -0.25) is 9.36 Å². The van der Waals surface area contributed by atoms with Crippen LogP contribution in [0.1, 0.15) is 0 Å². The lowest BCUT2D eigenvalue weighted by Gasteiger charge is -2.10. The fourth-order valence-electron chi connectivity index (χ4n) is 2.88. The number of hydrogen-bond acceptors (Lipinski definition) is 6. The van der Waals surface area contributed by atoms with Gasteiger partial charge in [-0.25, -0.2) is 15.0 Å². The topological polar surface area (TPSA) is 81.9 Å². The number of rotatable bonds is 4. The molecule has 4 aromatic rings. The third-order valence-corrected chi connectivity index (χ3v) is 4.37. The molecule has 0 unspecified atom stereocenters. The third-order valence-electron chi connectivity index (χ3n) is 4.37. The number of pyridine rings is 2. The lowest BCUT2D eigenvalue weighted by molar-refractivity contribution is 0.404. The van der Waals surface area contributed by atoms with Crippen LogP contribution in [0.3, 0.4) is 0 Å². The first-order chi connectivity index (χ1) is 14.0. The van der Waals surface area contributed by atoms with E-state index in [1.165, 1.54) is 16.8 Å². The predicted molar refractivity (Wildman–Crippen MR) is 104 cm³/mol. The van der Waals surface area contributed by atoms with Crippen molar-refractivity contribution in [1.29, 1.82) is 0 Å². The van der Waals surface area contributed by atoms with E-state index in [1.54, 1.807) is 44.4 Å². The number of benzene rings is 1. The van der Waals surface area contributed by atoms with E-state index in [2.05, 4.69) is 20.3 Å². The lowest BCUT2D eigenvalue weighted by atomic mass is 10.1. The fraction of sp³-hybridized carbons (Fsp3) is 0.100. The lowest BCUT2D eigenvalue weighted by Crippen LogP contribution is -2.22. The number of hydrogen-bond donors (Lipinski definition) is 1. The summed E-state index contributed by atoms with van der Waals surface area (Å²) in [6.45, 7) is 0. The summed E-state index contributed by atoms with van der Waals surface area (Å²) >= 11 is 0. The Hall–Kier alpha value is -3.88. The molecule has 0 saturated carbocycles. The van der Waals surface area contributed by atoms with E-state index in [0.717, 1.165) is 6.20 Å². The molecule has 0 bridgehead atoms. The van der Waals surface area contributed by atoms with Crippen molar-refractivity contribution >= 4 is 16.9 Å². The first-order valence-corrected chi connectivity index (χ1v) is 8.60. The van der Waals surface area contributed by atoms with Crippen LogP contribution in [0.2, 0.25) is 0 Å². The van der Waals surface area contributed by atoms with E-state index in [1.807, 2.05) is 0 Å². The van der Waals surface area contributed by atoms with Crippen LogP contribution in [0.15, 0.2) is 53.6 Å². The second-order valence-corrected chi connectivity index (χ2v) is 6.18. The molecule has 0 spiro atoms. The van der Waals surface area contributed by atoms with Crippen molar-refractivity contribution in [1.82, 2.24) is 19.5 Å². The summed E-state index contributed by atoms with van der Waals surface area (Å²) in [4.78, 5) is 24.5. The number of nitrogens with one attached hydrogen (secondary N) is 1. The van der Waals surface area contributed by atoms with Crippen LogP contribution in [0.25, 0.3) is 22.2 Å². The number of nitrogens with zero attached hydrogens (tertiary/aromatic N) is 4. The molecule has 0 aliphatic heterocycles. The average Bonchev–Trinajstić information content (AvgIpc) is 2.73. The zero-order chi connectivity index (χ0) is 20.5. The molecule has 0 fully saturated rings. The van der Waals surface area contributed by atoms with E-state index >= 15 is 0 Å². The smallest absolute Gasteiger partial charge is 0.264 e. The molecule has 146 valence electrons. The van der Waals surface area contributed by atoms with Gasteiger partial charge in [-0.05, 0) is 24.3 Å². The summed E-state index contributed by atoms with van der Waals surface area (Å²) in [5, 5.41) is 3.55. The quantitative estimate of drug-likeness (QED) is 0.533. The Kier molecular flexibility index (Phi) is 4.63. The summed E-state index contributed by atoms with van der Waals surface area (Å²) < 4.78 is 33.8. The summed E-state index contributed by atoms with van der Waals surface area (Å²) in [6, 6.07) is 9.59. The SMILES string of the molecule is CNc1ncc(-c2ccc3cc(Oc4ccnc(F)c4F)ccc3n2)c(=O)n1C. The highest BCUT2D eigenvalue weighted by Crippen LogP contribution is 2.28. The molecule has 0 radical (unpaired) electrons. The van der Waals surface area contributed by atoms with Crippen molar-refractivity contribution in [3.8, 4) is 22.8 Å². The van der Waals surface area contributed by atoms with Crippen LogP contribution in [0, 0.1) is 11.8 Å². The standard InChI is InChI=1S/C20H15F2N5O2/c1-23-20-25-10-13(19(28)27(20)2)15-5-3-11-9-12(4-6-14(11)26-15)29-16-7-8-24-18(22)17(16)21/h3-10H,1-2H3,(H,23,25). The van der Waals surface area contributed by atoms with Crippen molar-refractivity contribution in [3.63, 3.8) is 0 Å². The molecule has 0 atom stereocenters. The van der Waals surface area contributed by atoms with E-state index in [-0.39, 0.29) is 11.3 Å². The fourth-order valence-corrected chi connectivity index (χ4v) is 2.88. The third kappa shape index (κ3) is 3.38. The van der Waals surface area contributed by atoms with Gasteiger partial charge in [-0.2, -0.15) is 8.78 Å². The van der Waals surface area contributed by atoms with Crippen molar-refractivity contribution in [3.05, 3.63) is 70.9 Å². The summed E-state index contributed by atoms with van der Waals surface area (Å²) in [7, 11) is 3.30. The van der Waals surface area contributed by atoms with Gasteiger partial charge in [-0.1, -0.05) is 6.07 Å². The van der Waals surface area contributed by atoms with E-state index in [0.29, 0.717) is 33.9 Å². The van der Waals surface area contributed by atoms with Crippen LogP contribution < -0.4 is 15.6 Å². The van der Waals surface area contributed by atoms with Gasteiger partial charge in [0, 0.05) is 37.9 Å². The average molecular weight is 395 g/mol. The largest absolute Gasteiger partial charge is 0.454 e. The number of anilines is 1. The number of ether oxygens (including phenoxy) is 1. The Morgan fingerprint density at radius 1 is 1.10 bits per heavy atom. The molecule has 0 aliphatic rings. The zero-order valence-electron chi connectivity index (χ0n) is 15.5. The molecule has 0 aliphatic carbocycles. The molecular weight excluding hydrogens is 380 g/mol. The van der Waals surface area contributed by atoms with Gasteiger partial charge < -0.3 is 10.1 Å². The Morgan fingerprint density at radius 3 is 2.72 bits per heavy atom. The molecule has 29 heavy (non-hydrogen) atoms. The minimum Gasteiger partial charge on any atom is -0.454 e. The highest BCUT2D eigenvalue weighted by atomic mass is 19.2. The van der Waals surface area contributed by atoms with Crippen LogP contribution in [0.5, 0.6) is 11.5 Å². The molecule has 1 aromatic carbocycles. The second-order valence-electron chi connectivity index (χ2n) is 6.18. The summed E-state index contributed by atoms with van der Waals surface area (Å²) in [6.07, 6.45) is 2.59. The van der Waals surface area contributed by atoms with Crippen LogP contribution in [0.4, 0.5) is 14.7 Å². The predicted octanol–water partition coefficient (Wildman–Crippen LogP) is 3.50. The number of fused-ring (bicyclic) bond motifs is 1. The van der Waals surface area contributed by atoms with Crippen molar-refractivity contribution in [2.45, 2.75) is 0 Å². The normalized spacial score (nSPS) is 10.9. The molecule has 4 rings (SSSR count). The van der Waals surface area contributed by atoms with Gasteiger partial charge in [0.25, 0.3) is 11.5 Å². The van der Waals surface area contributed by atoms with Crippen molar-refractivity contribution in [2.24, 2.45) is 7.05 Å². The first-order valence-electron chi connectivity index (χ1n) is 8.60. The van der Waals surface area contributed by atoms with Crippen molar-refractivity contribution in [2.75, 3.05) is 12.4 Å². The monoisotopic (exact) mass is 395 g/mol. The van der Waals surface area contributed by atoms with E-state index in [9.17, 15) is 13.6 Å². The van der Waals surface area contributed by atoms with Crippen LogP contribution in [-0.2, 0) is 7.05 Å². The number of halogens is 2. The maximum absolute atomic E-state index is 13.7. The highest BCUT2D eigenvalue weighted by Gasteiger charge is 2.13. The molecule has 3 heterocycles. The summed E-state index contributed by atoms with van der Waals surface area (Å²) in [5.74, 6) is -1.89. The van der Waals surface area contributed by atoms with E-state index in [4.69, 9.17) is 4.74 Å². The Bertz CT molecular complexity index is 1290. The van der Waals surface area contributed by atoms with Gasteiger partial charge in [-0.15, -0.1) is 0 Å². The van der Waals surface area contributed by atoms with Gasteiger partial charge in [0.2, 0.25) is 11.8 Å². The highest BCUT2D eigenvalue weighted by molar-refractivity contribution is 5.82. The van der Waals surface area contributed by atoms with Gasteiger partial charge >= 0.3 is 0 Å². The maximum atomic E-state index is 13.7. The molecule has 1 N–H and O–H groups in total. The Balaban J connectivity index is 1.70. The molecule has 3 aromatic heterocycles. The number of aromatic nitrogens is 4. The van der Waals surface area contributed by atoms with Crippen LogP contribution >= 0.6 is 0 Å². The maximum Gasteiger partial charge on any atom is 0.264 e. The molecule has 9 heteroatoms. The second kappa shape index (κ2) is 7.27. The first kappa shape index (κ1) is 18.5. The van der Waals surface area contributed by atoms with Gasteiger partial charge in [0.1, 0.15) is 5.75 Å². The minimum absolute atomic E-state index is 0.230. The molecule has 0 amide bonds.